The quantitative estimate of drug-likeness (QED) is 0.761. The van der Waals surface area contributed by atoms with Crippen molar-refractivity contribution in [3.63, 3.8) is 0 Å². The molecule has 0 saturated carbocycles. The summed E-state index contributed by atoms with van der Waals surface area (Å²) < 4.78 is 0. The Hall–Kier alpha value is -3.72. The summed E-state index contributed by atoms with van der Waals surface area (Å²) >= 11 is 0. The van der Waals surface area contributed by atoms with Crippen molar-refractivity contribution in [3.8, 4) is 17.3 Å². The Morgan fingerprint density at radius 2 is 1.88 bits per heavy atom. The molecule has 0 radical (unpaired) electrons. The number of amides is 1. The fraction of sp³-hybridized carbons (Fsp3) is 0.0526. The van der Waals surface area contributed by atoms with E-state index in [0.717, 1.165) is 11.3 Å². The number of anilines is 3. The average Bonchev–Trinajstić information content (AvgIpc) is 2.62. The van der Waals surface area contributed by atoms with Gasteiger partial charge in [0.2, 0.25) is 11.9 Å². The van der Waals surface area contributed by atoms with Gasteiger partial charge in [0.15, 0.2) is 0 Å². The lowest BCUT2D eigenvalue weighted by atomic mass is 10.1. The molecular formula is C19H15N5O. The first-order chi connectivity index (χ1) is 12.1. The van der Waals surface area contributed by atoms with Crippen molar-refractivity contribution in [1.29, 1.82) is 5.26 Å². The summed E-state index contributed by atoms with van der Waals surface area (Å²) in [4.78, 5) is 19.9. The minimum Gasteiger partial charge on any atom is -0.326 e. The van der Waals surface area contributed by atoms with E-state index in [2.05, 4.69) is 26.7 Å². The molecule has 6 nitrogen and oxygen atoms in total. The fourth-order valence-electron chi connectivity index (χ4n) is 2.33. The van der Waals surface area contributed by atoms with Crippen LogP contribution in [0.4, 0.5) is 17.3 Å². The molecule has 1 heterocycles. The highest BCUT2D eigenvalue weighted by Gasteiger charge is 2.05. The highest BCUT2D eigenvalue weighted by Crippen LogP contribution is 2.21. The van der Waals surface area contributed by atoms with Crippen LogP contribution in [0.5, 0.6) is 0 Å². The number of nitrogens with one attached hydrogen (secondary N) is 2. The number of hydrogen-bond donors (Lipinski definition) is 2. The Bertz CT molecular complexity index is 962. The van der Waals surface area contributed by atoms with Crippen LogP contribution in [0.2, 0.25) is 0 Å². The van der Waals surface area contributed by atoms with Gasteiger partial charge in [-0.15, -0.1) is 0 Å². The van der Waals surface area contributed by atoms with Crippen molar-refractivity contribution >= 4 is 23.2 Å². The molecule has 3 rings (SSSR count). The predicted molar refractivity (Wildman–Crippen MR) is 96.2 cm³/mol. The lowest BCUT2D eigenvalue weighted by Gasteiger charge is -2.09. The third-order valence-corrected chi connectivity index (χ3v) is 3.38. The van der Waals surface area contributed by atoms with E-state index in [9.17, 15) is 4.79 Å². The van der Waals surface area contributed by atoms with Crippen LogP contribution in [-0.2, 0) is 4.79 Å². The van der Waals surface area contributed by atoms with E-state index >= 15 is 0 Å². The molecule has 0 bridgehead atoms. The van der Waals surface area contributed by atoms with Crippen molar-refractivity contribution in [2.75, 3.05) is 10.6 Å². The van der Waals surface area contributed by atoms with Crippen molar-refractivity contribution in [2.45, 2.75) is 6.92 Å². The number of rotatable bonds is 4. The molecule has 3 aromatic rings. The van der Waals surface area contributed by atoms with E-state index in [1.807, 2.05) is 24.3 Å². The maximum absolute atomic E-state index is 11.2. The number of benzene rings is 2. The molecule has 1 aromatic heterocycles. The third kappa shape index (κ3) is 4.18. The zero-order chi connectivity index (χ0) is 17.6. The van der Waals surface area contributed by atoms with E-state index in [-0.39, 0.29) is 5.91 Å². The molecule has 1 amide bonds. The van der Waals surface area contributed by atoms with Crippen LogP contribution < -0.4 is 10.6 Å². The van der Waals surface area contributed by atoms with Gasteiger partial charge in [-0.1, -0.05) is 18.2 Å². The maximum Gasteiger partial charge on any atom is 0.227 e. The summed E-state index contributed by atoms with van der Waals surface area (Å²) in [5.74, 6) is 0.299. The number of nitriles is 1. The average molecular weight is 329 g/mol. The monoisotopic (exact) mass is 329 g/mol. The van der Waals surface area contributed by atoms with Gasteiger partial charge in [-0.2, -0.15) is 5.26 Å². The number of carbonyl (C=O) groups is 1. The molecule has 0 fully saturated rings. The fourth-order valence-corrected chi connectivity index (χ4v) is 2.33. The van der Waals surface area contributed by atoms with Gasteiger partial charge in [0.05, 0.1) is 17.3 Å². The first-order valence-corrected chi connectivity index (χ1v) is 7.62. The molecule has 0 atom stereocenters. The van der Waals surface area contributed by atoms with Gasteiger partial charge in [-0.05, 0) is 36.4 Å². The largest absolute Gasteiger partial charge is 0.326 e. The molecule has 0 aliphatic carbocycles. The highest BCUT2D eigenvalue weighted by molar-refractivity contribution is 5.89. The first kappa shape index (κ1) is 16.1. The predicted octanol–water partition coefficient (Wildman–Crippen LogP) is 3.72. The van der Waals surface area contributed by atoms with Crippen molar-refractivity contribution < 1.29 is 4.79 Å². The van der Waals surface area contributed by atoms with Crippen LogP contribution in [0.3, 0.4) is 0 Å². The van der Waals surface area contributed by atoms with Gasteiger partial charge in [-0.3, -0.25) is 4.79 Å². The minimum atomic E-state index is -0.132. The second-order valence-electron chi connectivity index (χ2n) is 5.35. The normalized spacial score (nSPS) is 9.92. The molecule has 25 heavy (non-hydrogen) atoms. The van der Waals surface area contributed by atoms with Gasteiger partial charge in [0.25, 0.3) is 0 Å². The summed E-state index contributed by atoms with van der Waals surface area (Å²) in [6.45, 7) is 1.46. The Labute approximate surface area is 145 Å². The Balaban J connectivity index is 1.85. The zero-order valence-corrected chi connectivity index (χ0v) is 13.5. The summed E-state index contributed by atoms with van der Waals surface area (Å²) in [5.41, 5.74) is 3.59. The number of aromatic nitrogens is 2. The Kier molecular flexibility index (Phi) is 4.67. The van der Waals surface area contributed by atoms with Crippen LogP contribution in [0.1, 0.15) is 12.5 Å². The smallest absolute Gasteiger partial charge is 0.227 e. The summed E-state index contributed by atoms with van der Waals surface area (Å²) in [7, 11) is 0. The maximum atomic E-state index is 11.2. The zero-order valence-electron chi connectivity index (χ0n) is 13.5. The van der Waals surface area contributed by atoms with Crippen LogP contribution >= 0.6 is 0 Å². The second-order valence-corrected chi connectivity index (χ2v) is 5.35. The molecular weight excluding hydrogens is 314 g/mol. The van der Waals surface area contributed by atoms with E-state index in [1.54, 1.807) is 36.5 Å². The molecule has 6 heteroatoms. The first-order valence-electron chi connectivity index (χ1n) is 7.62. The molecule has 2 aromatic carbocycles. The van der Waals surface area contributed by atoms with Gasteiger partial charge >= 0.3 is 0 Å². The van der Waals surface area contributed by atoms with Gasteiger partial charge in [-0.25, -0.2) is 9.97 Å². The summed E-state index contributed by atoms with van der Waals surface area (Å²) in [6, 6.07) is 18.4. The second kappa shape index (κ2) is 7.23. The van der Waals surface area contributed by atoms with Crippen LogP contribution in [0, 0.1) is 11.3 Å². The lowest BCUT2D eigenvalue weighted by Crippen LogP contribution is -2.06. The van der Waals surface area contributed by atoms with E-state index in [4.69, 9.17) is 5.26 Å². The van der Waals surface area contributed by atoms with Crippen LogP contribution in [0.15, 0.2) is 60.8 Å². The molecule has 0 saturated heterocycles. The van der Waals surface area contributed by atoms with Crippen LogP contribution in [-0.4, -0.2) is 15.9 Å². The lowest BCUT2D eigenvalue weighted by molar-refractivity contribution is -0.114. The third-order valence-electron chi connectivity index (χ3n) is 3.38. The van der Waals surface area contributed by atoms with Gasteiger partial charge in [0, 0.05) is 30.1 Å². The van der Waals surface area contributed by atoms with E-state index in [1.165, 1.54) is 6.92 Å². The minimum absolute atomic E-state index is 0.132. The highest BCUT2D eigenvalue weighted by atomic mass is 16.1. The van der Waals surface area contributed by atoms with Crippen molar-refractivity contribution in [2.24, 2.45) is 0 Å². The standard InChI is InChI=1S/C19H15N5O/c1-13(25)22-16-6-3-7-17(11-16)23-19-21-9-8-18(24-19)15-5-2-4-14(10-15)12-20/h2-11H,1H3,(H,22,25)(H,21,23,24). The molecule has 0 spiro atoms. The Morgan fingerprint density at radius 1 is 1.08 bits per heavy atom. The number of nitrogens with zero attached hydrogens (tertiary/aromatic N) is 3. The molecule has 0 unspecified atom stereocenters. The van der Waals surface area contributed by atoms with E-state index < -0.39 is 0 Å². The topological polar surface area (TPSA) is 90.7 Å². The Morgan fingerprint density at radius 3 is 2.68 bits per heavy atom. The molecule has 0 aliphatic rings. The molecule has 122 valence electrons. The van der Waals surface area contributed by atoms with Crippen molar-refractivity contribution in [1.82, 2.24) is 9.97 Å². The van der Waals surface area contributed by atoms with Gasteiger partial charge in [0.1, 0.15) is 0 Å². The summed E-state index contributed by atoms with van der Waals surface area (Å²) in [6.07, 6.45) is 1.65. The van der Waals surface area contributed by atoms with E-state index in [0.29, 0.717) is 22.9 Å². The molecule has 0 aliphatic heterocycles. The SMILES string of the molecule is CC(=O)Nc1cccc(Nc2nccc(-c3cccc(C#N)c3)n2)c1. The number of hydrogen-bond acceptors (Lipinski definition) is 5. The van der Waals surface area contributed by atoms with Gasteiger partial charge < -0.3 is 10.6 Å². The van der Waals surface area contributed by atoms with Crippen LogP contribution in [0.25, 0.3) is 11.3 Å². The van der Waals surface area contributed by atoms with Crippen molar-refractivity contribution in [3.05, 3.63) is 66.4 Å². The number of carbonyl (C=O) groups excluding carboxylic acids is 1. The molecule has 2 N–H and O–H groups in total. The summed E-state index contributed by atoms with van der Waals surface area (Å²) in [5, 5.41) is 14.9.